The minimum Gasteiger partial charge on any atom is -0.449 e. The first-order chi connectivity index (χ1) is 16.0. The summed E-state index contributed by atoms with van der Waals surface area (Å²) in [6.45, 7) is 7.10. The number of β-lactam (4-membered cyclic amide) rings is 1. The van der Waals surface area contributed by atoms with E-state index >= 15 is 0 Å². The maximum Gasteiger partial charge on any atom is 0.512 e. The molecule has 4 aliphatic rings. The highest BCUT2D eigenvalue weighted by Crippen LogP contribution is 2.52. The van der Waals surface area contributed by atoms with Crippen LogP contribution in [0.3, 0.4) is 0 Å². The Morgan fingerprint density at radius 3 is 2.65 bits per heavy atom. The molecule has 7 atom stereocenters. The van der Waals surface area contributed by atoms with E-state index in [4.69, 9.17) is 10.5 Å². The van der Waals surface area contributed by atoms with Gasteiger partial charge in [-0.05, 0) is 33.7 Å². The van der Waals surface area contributed by atoms with Crippen LogP contribution < -0.4 is 5.73 Å². The summed E-state index contributed by atoms with van der Waals surface area (Å²) in [5, 5.41) is 19.3. The SMILES string of the molecule is CC(N)=NC1CCN(C(=O)C2CC(SC3=C(OC(=O)O)N4C(=O)C(C(C)O)[C@@H]4C3C)CN2C)C1. The minimum atomic E-state index is -1.48. The molecule has 6 unspecified atom stereocenters. The topological polar surface area (TPSA) is 149 Å². The summed E-state index contributed by atoms with van der Waals surface area (Å²) < 4.78 is 5.05. The average molecular weight is 496 g/mol. The molecule has 4 heterocycles. The maximum atomic E-state index is 13.2. The molecule has 0 radical (unpaired) electrons. The largest absolute Gasteiger partial charge is 0.512 e. The summed E-state index contributed by atoms with van der Waals surface area (Å²) >= 11 is 1.48. The third kappa shape index (κ3) is 4.38. The smallest absolute Gasteiger partial charge is 0.449 e. The van der Waals surface area contributed by atoms with Gasteiger partial charge in [-0.15, -0.1) is 11.8 Å². The van der Waals surface area contributed by atoms with Crippen LogP contribution in [0.25, 0.3) is 0 Å². The molecule has 0 aromatic carbocycles. The van der Waals surface area contributed by atoms with Gasteiger partial charge < -0.3 is 25.6 Å². The number of carbonyl (C=O) groups is 3. The number of hydrogen-bond acceptors (Lipinski definition) is 8. The zero-order chi connectivity index (χ0) is 24.9. The molecule has 188 valence electrons. The molecule has 0 aromatic heterocycles. The lowest BCUT2D eigenvalue weighted by Crippen LogP contribution is -2.63. The third-order valence-electron chi connectivity index (χ3n) is 7.20. The molecule has 2 amide bonds. The zero-order valence-corrected chi connectivity index (χ0v) is 20.7. The summed E-state index contributed by atoms with van der Waals surface area (Å²) in [7, 11) is 1.92. The number of likely N-dealkylation sites (N-methyl/N-ethyl adjacent to an activating group) is 1. The highest BCUT2D eigenvalue weighted by atomic mass is 32.2. The maximum absolute atomic E-state index is 13.2. The van der Waals surface area contributed by atoms with Crippen molar-refractivity contribution in [2.24, 2.45) is 22.6 Å². The van der Waals surface area contributed by atoms with Gasteiger partial charge in [-0.2, -0.15) is 0 Å². The molecule has 12 heteroatoms. The normalized spacial score (nSPS) is 35.0. The first kappa shape index (κ1) is 24.8. The van der Waals surface area contributed by atoms with Gasteiger partial charge in [0.25, 0.3) is 0 Å². The van der Waals surface area contributed by atoms with E-state index in [1.54, 1.807) is 13.8 Å². The summed E-state index contributed by atoms with van der Waals surface area (Å²) in [5.41, 5.74) is 5.69. The van der Waals surface area contributed by atoms with Gasteiger partial charge in [0, 0.05) is 30.8 Å². The molecule has 0 spiro atoms. The number of likely N-dealkylation sites (tertiary alicyclic amines) is 2. The quantitative estimate of drug-likeness (QED) is 0.207. The van der Waals surface area contributed by atoms with Crippen molar-refractivity contribution in [2.75, 3.05) is 26.7 Å². The Balaban J connectivity index is 1.46. The van der Waals surface area contributed by atoms with Crippen molar-refractivity contribution in [3.05, 3.63) is 10.8 Å². The fourth-order valence-electron chi connectivity index (χ4n) is 5.65. The van der Waals surface area contributed by atoms with Gasteiger partial charge in [0.05, 0.1) is 40.9 Å². The van der Waals surface area contributed by atoms with Crippen LogP contribution in [-0.2, 0) is 14.3 Å². The fraction of sp³-hybridized carbons (Fsp3) is 0.727. The zero-order valence-electron chi connectivity index (χ0n) is 19.9. The number of hydrogen-bond donors (Lipinski definition) is 3. The van der Waals surface area contributed by atoms with E-state index in [2.05, 4.69) is 4.99 Å². The summed E-state index contributed by atoms with van der Waals surface area (Å²) in [5.74, 6) is -0.437. The minimum absolute atomic E-state index is 0.0327. The Morgan fingerprint density at radius 2 is 2.03 bits per heavy atom. The Kier molecular flexibility index (Phi) is 6.85. The second-order valence-electron chi connectivity index (χ2n) is 9.72. The highest BCUT2D eigenvalue weighted by molar-refractivity contribution is 8.03. The van der Waals surface area contributed by atoms with E-state index in [1.807, 2.05) is 23.8 Å². The van der Waals surface area contributed by atoms with Crippen LogP contribution in [0.4, 0.5) is 4.79 Å². The van der Waals surface area contributed by atoms with Crippen LogP contribution in [0.5, 0.6) is 0 Å². The predicted octanol–water partition coefficient (Wildman–Crippen LogP) is 0.492. The van der Waals surface area contributed by atoms with Crippen LogP contribution in [0.1, 0.15) is 33.6 Å². The van der Waals surface area contributed by atoms with Crippen LogP contribution in [0.15, 0.2) is 15.8 Å². The van der Waals surface area contributed by atoms with E-state index in [9.17, 15) is 24.6 Å². The second-order valence-corrected chi connectivity index (χ2v) is 11.1. The van der Waals surface area contributed by atoms with E-state index < -0.39 is 18.2 Å². The molecule has 4 aliphatic heterocycles. The van der Waals surface area contributed by atoms with Crippen molar-refractivity contribution in [2.45, 2.75) is 63.1 Å². The van der Waals surface area contributed by atoms with Gasteiger partial charge >= 0.3 is 6.16 Å². The standard InChI is InChI=1S/C22H33N5O6S/c1-10-17-16(11(2)28)20(30)27(17)21(33-22(31)32)18(10)34-14-7-15(25(4)9-14)19(29)26-6-5-13(8-26)24-12(3)23/h10-11,13-17,28H,5-9H2,1-4H3,(H2,23,24)(H,31,32)/t10?,11?,13?,14?,15?,16?,17-/m0/s1. The number of aliphatic hydroxyl groups is 1. The van der Waals surface area contributed by atoms with Crippen LogP contribution >= 0.6 is 11.8 Å². The van der Waals surface area contributed by atoms with E-state index in [0.29, 0.717) is 36.8 Å². The molecule has 4 N–H and O–H groups in total. The number of ether oxygens (including phenoxy) is 1. The summed E-state index contributed by atoms with van der Waals surface area (Å²) in [4.78, 5) is 47.5. The number of carboxylic acid groups (broad SMARTS) is 1. The third-order valence-corrected chi connectivity index (χ3v) is 8.67. The highest BCUT2D eigenvalue weighted by Gasteiger charge is 2.60. The number of aliphatic imine (C=N–C) groups is 1. The van der Waals surface area contributed by atoms with Gasteiger partial charge in [0.1, 0.15) is 0 Å². The molecular weight excluding hydrogens is 462 g/mol. The molecule has 3 fully saturated rings. The Hall–Kier alpha value is -2.31. The number of fused-ring (bicyclic) bond motifs is 1. The molecule has 11 nitrogen and oxygen atoms in total. The Bertz CT molecular complexity index is 935. The number of nitrogens with two attached hydrogens (primary N) is 1. The summed E-state index contributed by atoms with van der Waals surface area (Å²) in [6.07, 6.45) is -0.909. The lowest BCUT2D eigenvalue weighted by atomic mass is 9.79. The number of rotatable bonds is 6. The Labute approximate surface area is 203 Å². The van der Waals surface area contributed by atoms with Crippen LogP contribution in [-0.4, -0.2) is 105 Å². The van der Waals surface area contributed by atoms with Crippen molar-refractivity contribution in [3.63, 3.8) is 0 Å². The van der Waals surface area contributed by atoms with Gasteiger partial charge in [-0.25, -0.2) is 4.79 Å². The molecule has 0 aromatic rings. The van der Waals surface area contributed by atoms with E-state index in [1.165, 1.54) is 16.7 Å². The van der Waals surface area contributed by atoms with Crippen LogP contribution in [0.2, 0.25) is 0 Å². The first-order valence-corrected chi connectivity index (χ1v) is 12.5. The molecule has 0 aliphatic carbocycles. The van der Waals surface area contributed by atoms with Gasteiger partial charge in [-0.1, -0.05) is 6.92 Å². The van der Waals surface area contributed by atoms with Crippen molar-refractivity contribution in [1.29, 1.82) is 0 Å². The van der Waals surface area contributed by atoms with Crippen molar-refractivity contribution < 1.29 is 29.3 Å². The first-order valence-electron chi connectivity index (χ1n) is 11.6. The van der Waals surface area contributed by atoms with Crippen molar-refractivity contribution in [1.82, 2.24) is 14.7 Å². The monoisotopic (exact) mass is 495 g/mol. The van der Waals surface area contributed by atoms with Gasteiger partial charge in [-0.3, -0.25) is 24.4 Å². The van der Waals surface area contributed by atoms with Crippen molar-refractivity contribution >= 4 is 35.6 Å². The molecule has 3 saturated heterocycles. The lowest BCUT2D eigenvalue weighted by Gasteiger charge is -2.45. The molecule has 0 bridgehead atoms. The van der Waals surface area contributed by atoms with Gasteiger partial charge in [0.2, 0.25) is 17.7 Å². The lowest BCUT2D eigenvalue weighted by molar-refractivity contribution is -0.163. The number of aliphatic hydroxyl groups excluding tert-OH is 1. The number of amides is 2. The molecular formula is C22H33N5O6S. The fourth-order valence-corrected chi connectivity index (χ4v) is 7.20. The van der Waals surface area contributed by atoms with E-state index in [0.717, 1.165) is 6.42 Å². The summed E-state index contributed by atoms with van der Waals surface area (Å²) in [6, 6.07) is -0.562. The second kappa shape index (κ2) is 9.38. The molecule has 4 rings (SSSR count). The average Bonchev–Trinajstić information content (AvgIpc) is 3.38. The molecule has 0 saturated carbocycles. The van der Waals surface area contributed by atoms with Crippen LogP contribution in [0, 0.1) is 11.8 Å². The van der Waals surface area contributed by atoms with E-state index in [-0.39, 0.29) is 47.0 Å². The Morgan fingerprint density at radius 1 is 1.32 bits per heavy atom. The molecule has 34 heavy (non-hydrogen) atoms. The predicted molar refractivity (Wildman–Crippen MR) is 126 cm³/mol. The number of carbonyl (C=O) groups excluding carboxylic acids is 2. The number of thioether (sulfide) groups is 1. The van der Waals surface area contributed by atoms with Gasteiger partial charge in [0.15, 0.2) is 0 Å². The number of nitrogens with zero attached hydrogens (tertiary/aromatic N) is 4. The number of amidine groups is 1. The van der Waals surface area contributed by atoms with Crippen molar-refractivity contribution in [3.8, 4) is 0 Å².